The Morgan fingerprint density at radius 1 is 1.40 bits per heavy atom. The minimum absolute atomic E-state index is 0.305. The molecule has 2 rings (SSSR count). The monoisotopic (exact) mass is 226 g/mol. The number of nitrogens with two attached hydrogens (primary N) is 1. The molecule has 0 saturated heterocycles. The molecule has 0 bridgehead atoms. The molecule has 0 atom stereocenters. The molecule has 0 spiro atoms. The van der Waals surface area contributed by atoms with Gasteiger partial charge >= 0.3 is 0 Å². The summed E-state index contributed by atoms with van der Waals surface area (Å²) in [6.07, 6.45) is 5.12. The molecule has 0 amide bonds. The summed E-state index contributed by atoms with van der Waals surface area (Å²) in [6.45, 7) is 3.69. The van der Waals surface area contributed by atoms with E-state index >= 15 is 0 Å². The molecule has 4 nitrogen and oxygen atoms in total. The quantitative estimate of drug-likeness (QED) is 0.821. The lowest BCUT2D eigenvalue weighted by Gasteiger charge is -2.26. The lowest BCUT2D eigenvalue weighted by atomic mass is 9.86. The minimum Gasteiger partial charge on any atom is -0.359 e. The fraction of sp³-hybridized carbons (Fsp3) is 0.800. The van der Waals surface area contributed by atoms with Crippen LogP contribution in [0.4, 0.5) is 5.13 Å². The Labute approximate surface area is 94.3 Å². The predicted molar refractivity (Wildman–Crippen MR) is 63.1 cm³/mol. The first-order valence-corrected chi connectivity index (χ1v) is 6.30. The molecule has 1 aliphatic rings. The average Bonchev–Trinajstić information content (AvgIpc) is 2.85. The molecule has 0 radical (unpaired) electrons. The molecular formula is C10H18N4S. The molecule has 84 valence electrons. The highest BCUT2D eigenvalue weighted by Gasteiger charge is 2.32. The molecule has 1 aliphatic carbocycles. The zero-order valence-electron chi connectivity index (χ0n) is 9.12. The van der Waals surface area contributed by atoms with E-state index < -0.39 is 0 Å². The zero-order valence-corrected chi connectivity index (χ0v) is 9.94. The molecule has 1 saturated carbocycles. The maximum absolute atomic E-state index is 5.87. The van der Waals surface area contributed by atoms with Crippen LogP contribution in [0.5, 0.6) is 0 Å². The molecule has 0 aromatic carbocycles. The van der Waals surface area contributed by atoms with Gasteiger partial charge in [-0.25, -0.2) is 0 Å². The van der Waals surface area contributed by atoms with Gasteiger partial charge in [0.1, 0.15) is 5.01 Å². The van der Waals surface area contributed by atoms with Gasteiger partial charge in [-0.05, 0) is 31.7 Å². The molecule has 0 unspecified atom stereocenters. The molecule has 1 aromatic rings. The fourth-order valence-corrected chi connectivity index (χ4v) is 2.80. The van der Waals surface area contributed by atoms with Gasteiger partial charge in [-0.15, -0.1) is 10.2 Å². The van der Waals surface area contributed by atoms with Crippen LogP contribution in [0.3, 0.4) is 0 Å². The zero-order chi connectivity index (χ0) is 10.7. The largest absolute Gasteiger partial charge is 0.359 e. The van der Waals surface area contributed by atoms with Crippen LogP contribution in [0.15, 0.2) is 0 Å². The Morgan fingerprint density at radius 2 is 2.13 bits per heavy atom. The summed E-state index contributed by atoms with van der Waals surface area (Å²) in [4.78, 5) is 0. The maximum atomic E-state index is 5.87. The van der Waals surface area contributed by atoms with Crippen molar-refractivity contribution < 1.29 is 0 Å². The number of rotatable bonds is 4. The Hall–Kier alpha value is -0.680. The predicted octanol–water partition coefficient (Wildman–Crippen LogP) is 1.78. The van der Waals surface area contributed by atoms with Crippen molar-refractivity contribution >= 4 is 16.5 Å². The van der Waals surface area contributed by atoms with Crippen LogP contribution in [0.25, 0.3) is 0 Å². The van der Waals surface area contributed by atoms with Gasteiger partial charge in [0.15, 0.2) is 0 Å². The van der Waals surface area contributed by atoms with Crippen LogP contribution >= 0.6 is 11.3 Å². The number of nitrogens with zero attached hydrogens (tertiary/aromatic N) is 2. The Morgan fingerprint density at radius 3 is 2.67 bits per heavy atom. The van der Waals surface area contributed by atoms with Gasteiger partial charge in [0.2, 0.25) is 5.13 Å². The highest BCUT2D eigenvalue weighted by Crippen LogP contribution is 2.37. The summed E-state index contributed by atoms with van der Waals surface area (Å²) in [5, 5.41) is 13.3. The van der Waals surface area contributed by atoms with Gasteiger partial charge in [0.25, 0.3) is 0 Å². The lowest BCUT2D eigenvalue weighted by Crippen LogP contribution is -2.34. The second-order valence-corrected chi connectivity index (χ2v) is 5.57. The SMILES string of the molecule is Cc1nnc(NCC2(CN)CCCC2)s1. The Bertz CT molecular complexity index is 317. The van der Waals surface area contributed by atoms with Gasteiger partial charge in [0, 0.05) is 6.54 Å². The lowest BCUT2D eigenvalue weighted by molar-refractivity contribution is 0.332. The second kappa shape index (κ2) is 4.45. The minimum atomic E-state index is 0.305. The van der Waals surface area contributed by atoms with E-state index in [2.05, 4.69) is 15.5 Å². The summed E-state index contributed by atoms with van der Waals surface area (Å²) in [6, 6.07) is 0. The summed E-state index contributed by atoms with van der Waals surface area (Å²) in [5.41, 5.74) is 6.17. The van der Waals surface area contributed by atoms with Crippen molar-refractivity contribution in [1.29, 1.82) is 0 Å². The van der Waals surface area contributed by atoms with Crippen molar-refractivity contribution in [2.24, 2.45) is 11.1 Å². The van der Waals surface area contributed by atoms with Crippen LogP contribution in [-0.4, -0.2) is 23.3 Å². The topological polar surface area (TPSA) is 63.8 Å². The molecule has 5 heteroatoms. The second-order valence-electron chi connectivity index (χ2n) is 4.39. The van der Waals surface area contributed by atoms with Crippen molar-refractivity contribution in [3.63, 3.8) is 0 Å². The third-order valence-electron chi connectivity index (χ3n) is 3.24. The van der Waals surface area contributed by atoms with E-state index in [9.17, 15) is 0 Å². The Kier molecular flexibility index (Phi) is 3.21. The number of nitrogens with one attached hydrogen (secondary N) is 1. The number of hydrogen-bond donors (Lipinski definition) is 2. The van der Waals surface area contributed by atoms with Gasteiger partial charge in [-0.1, -0.05) is 24.2 Å². The van der Waals surface area contributed by atoms with E-state index in [0.717, 1.165) is 23.2 Å². The van der Waals surface area contributed by atoms with Crippen molar-refractivity contribution in [3.05, 3.63) is 5.01 Å². The van der Waals surface area contributed by atoms with E-state index in [1.54, 1.807) is 11.3 Å². The van der Waals surface area contributed by atoms with Crippen LogP contribution in [-0.2, 0) is 0 Å². The fourth-order valence-electron chi connectivity index (χ4n) is 2.21. The van der Waals surface area contributed by atoms with Crippen molar-refractivity contribution in [3.8, 4) is 0 Å². The van der Waals surface area contributed by atoms with Gasteiger partial charge in [-0.3, -0.25) is 0 Å². The smallest absolute Gasteiger partial charge is 0.205 e. The van der Waals surface area contributed by atoms with E-state index in [-0.39, 0.29) is 0 Å². The molecule has 1 heterocycles. The average molecular weight is 226 g/mol. The highest BCUT2D eigenvalue weighted by molar-refractivity contribution is 7.15. The normalized spacial score (nSPS) is 19.3. The van der Waals surface area contributed by atoms with Crippen LogP contribution in [0.1, 0.15) is 30.7 Å². The van der Waals surface area contributed by atoms with E-state index in [4.69, 9.17) is 5.73 Å². The third-order valence-corrected chi connectivity index (χ3v) is 4.03. The summed E-state index contributed by atoms with van der Waals surface area (Å²) in [5.74, 6) is 0. The van der Waals surface area contributed by atoms with Gasteiger partial charge in [-0.2, -0.15) is 0 Å². The number of aromatic nitrogens is 2. The van der Waals surface area contributed by atoms with Crippen molar-refractivity contribution in [2.75, 3.05) is 18.4 Å². The first-order valence-electron chi connectivity index (χ1n) is 5.48. The molecule has 15 heavy (non-hydrogen) atoms. The molecule has 0 aliphatic heterocycles. The maximum Gasteiger partial charge on any atom is 0.205 e. The van der Waals surface area contributed by atoms with E-state index in [0.29, 0.717) is 5.41 Å². The summed E-state index contributed by atoms with van der Waals surface area (Å²) >= 11 is 1.61. The number of aryl methyl sites for hydroxylation is 1. The number of hydrogen-bond acceptors (Lipinski definition) is 5. The molecule has 3 N–H and O–H groups in total. The van der Waals surface area contributed by atoms with Crippen LogP contribution in [0.2, 0.25) is 0 Å². The number of anilines is 1. The first kappa shape index (κ1) is 10.8. The standard InChI is InChI=1S/C10H18N4S/c1-8-13-14-9(15-8)12-7-10(6-11)4-2-3-5-10/h2-7,11H2,1H3,(H,12,14). The highest BCUT2D eigenvalue weighted by atomic mass is 32.1. The van der Waals surface area contributed by atoms with E-state index in [1.807, 2.05) is 6.92 Å². The molecule has 1 fully saturated rings. The van der Waals surface area contributed by atoms with Crippen LogP contribution in [0, 0.1) is 12.3 Å². The van der Waals surface area contributed by atoms with Crippen molar-refractivity contribution in [1.82, 2.24) is 10.2 Å². The summed E-state index contributed by atoms with van der Waals surface area (Å²) in [7, 11) is 0. The molecular weight excluding hydrogens is 208 g/mol. The first-order chi connectivity index (χ1) is 7.24. The Balaban J connectivity index is 1.91. The van der Waals surface area contributed by atoms with Crippen molar-refractivity contribution in [2.45, 2.75) is 32.6 Å². The molecule has 1 aromatic heterocycles. The van der Waals surface area contributed by atoms with Crippen LogP contribution < -0.4 is 11.1 Å². The third kappa shape index (κ3) is 2.46. The van der Waals surface area contributed by atoms with Gasteiger partial charge in [0.05, 0.1) is 0 Å². The summed E-state index contributed by atoms with van der Waals surface area (Å²) < 4.78 is 0. The van der Waals surface area contributed by atoms with Gasteiger partial charge < -0.3 is 11.1 Å². The van der Waals surface area contributed by atoms with E-state index in [1.165, 1.54) is 25.7 Å².